The molecular formula is C14H13BrO2S. The monoisotopic (exact) mass is 324 g/mol. The van der Waals surface area contributed by atoms with E-state index in [0.717, 1.165) is 39.6 Å². The van der Waals surface area contributed by atoms with Gasteiger partial charge in [-0.25, -0.2) is 0 Å². The van der Waals surface area contributed by atoms with Gasteiger partial charge in [0.15, 0.2) is 5.78 Å². The Morgan fingerprint density at radius 1 is 1.44 bits per heavy atom. The molecule has 1 aliphatic heterocycles. The van der Waals surface area contributed by atoms with Crippen LogP contribution in [0, 0.1) is 5.92 Å². The highest BCUT2D eigenvalue weighted by Gasteiger charge is 2.25. The summed E-state index contributed by atoms with van der Waals surface area (Å²) in [6.07, 6.45) is 1.94. The average molecular weight is 325 g/mol. The van der Waals surface area contributed by atoms with Crippen molar-refractivity contribution in [1.29, 1.82) is 0 Å². The number of carbonyl (C=O) groups is 1. The quantitative estimate of drug-likeness (QED) is 0.771. The largest absolute Gasteiger partial charge is 0.381 e. The fourth-order valence-electron chi connectivity index (χ4n) is 2.38. The first-order valence-corrected chi connectivity index (χ1v) is 7.72. The van der Waals surface area contributed by atoms with Gasteiger partial charge in [0.2, 0.25) is 0 Å². The maximum atomic E-state index is 12.5. The second kappa shape index (κ2) is 5.11. The van der Waals surface area contributed by atoms with Gasteiger partial charge in [-0.1, -0.05) is 12.1 Å². The number of carbonyl (C=O) groups excluding carboxylic acids is 1. The molecule has 0 spiro atoms. The van der Waals surface area contributed by atoms with Crippen LogP contribution in [0.3, 0.4) is 0 Å². The molecule has 18 heavy (non-hydrogen) atoms. The Labute approximate surface area is 118 Å². The fourth-order valence-corrected chi connectivity index (χ4v) is 3.99. The zero-order valence-electron chi connectivity index (χ0n) is 9.82. The molecule has 1 atom stereocenters. The second-order valence-corrected chi connectivity index (χ2v) is 6.28. The summed E-state index contributed by atoms with van der Waals surface area (Å²) in [6.45, 7) is 1.36. The molecule has 1 saturated heterocycles. The lowest BCUT2D eigenvalue weighted by atomic mass is 9.92. The van der Waals surface area contributed by atoms with Gasteiger partial charge in [-0.05, 0) is 34.8 Å². The van der Waals surface area contributed by atoms with Crippen molar-refractivity contribution >= 4 is 43.1 Å². The highest BCUT2D eigenvalue weighted by atomic mass is 79.9. The van der Waals surface area contributed by atoms with Crippen LogP contribution in [0.2, 0.25) is 0 Å². The molecule has 94 valence electrons. The predicted molar refractivity (Wildman–Crippen MR) is 77.4 cm³/mol. The number of hydrogen-bond acceptors (Lipinski definition) is 3. The topological polar surface area (TPSA) is 26.3 Å². The third kappa shape index (κ3) is 2.13. The number of fused-ring (bicyclic) bond motifs is 1. The van der Waals surface area contributed by atoms with Crippen molar-refractivity contribution in [3.05, 3.63) is 33.6 Å². The molecule has 1 aliphatic rings. The molecule has 0 aliphatic carbocycles. The summed E-state index contributed by atoms with van der Waals surface area (Å²) in [7, 11) is 0. The number of ether oxygens (including phenoxy) is 1. The van der Waals surface area contributed by atoms with Gasteiger partial charge in [-0.2, -0.15) is 0 Å². The molecule has 3 rings (SSSR count). The molecule has 0 bridgehead atoms. The van der Waals surface area contributed by atoms with Crippen LogP contribution in [0.15, 0.2) is 28.1 Å². The first-order chi connectivity index (χ1) is 8.77. The van der Waals surface area contributed by atoms with Crippen molar-refractivity contribution in [2.45, 2.75) is 12.8 Å². The number of benzene rings is 1. The molecule has 2 nitrogen and oxygen atoms in total. The van der Waals surface area contributed by atoms with Crippen LogP contribution in [0.5, 0.6) is 0 Å². The number of rotatable bonds is 2. The van der Waals surface area contributed by atoms with Crippen LogP contribution < -0.4 is 0 Å². The molecule has 4 heteroatoms. The van der Waals surface area contributed by atoms with E-state index in [-0.39, 0.29) is 11.7 Å². The highest BCUT2D eigenvalue weighted by Crippen LogP contribution is 2.34. The normalized spacial score (nSPS) is 20.2. The Morgan fingerprint density at radius 2 is 2.33 bits per heavy atom. The van der Waals surface area contributed by atoms with E-state index in [2.05, 4.69) is 15.9 Å². The van der Waals surface area contributed by atoms with E-state index in [4.69, 9.17) is 4.74 Å². The van der Waals surface area contributed by atoms with Gasteiger partial charge >= 0.3 is 0 Å². The van der Waals surface area contributed by atoms with Gasteiger partial charge in [0.1, 0.15) is 0 Å². The van der Waals surface area contributed by atoms with Crippen LogP contribution >= 0.6 is 27.3 Å². The number of Topliss-reactive ketones (excluding diaryl/α,β-unsaturated/α-hetero) is 1. The van der Waals surface area contributed by atoms with Crippen molar-refractivity contribution in [3.8, 4) is 0 Å². The van der Waals surface area contributed by atoms with E-state index in [1.165, 1.54) is 0 Å². The van der Waals surface area contributed by atoms with Gasteiger partial charge in [-0.15, -0.1) is 11.3 Å². The van der Waals surface area contributed by atoms with Crippen molar-refractivity contribution in [3.63, 3.8) is 0 Å². The Hall–Kier alpha value is -0.710. The molecular weight excluding hydrogens is 312 g/mol. The van der Waals surface area contributed by atoms with Gasteiger partial charge in [0, 0.05) is 38.0 Å². The summed E-state index contributed by atoms with van der Waals surface area (Å²) >= 11 is 5.15. The zero-order chi connectivity index (χ0) is 12.5. The minimum atomic E-state index is 0.0375. The number of halogens is 1. The van der Waals surface area contributed by atoms with E-state index in [1.54, 1.807) is 11.3 Å². The summed E-state index contributed by atoms with van der Waals surface area (Å²) < 4.78 is 7.62. The van der Waals surface area contributed by atoms with Crippen LogP contribution in [-0.4, -0.2) is 19.0 Å². The number of thiophene rings is 1. The van der Waals surface area contributed by atoms with E-state index in [0.29, 0.717) is 6.61 Å². The van der Waals surface area contributed by atoms with Crippen molar-refractivity contribution in [2.24, 2.45) is 5.92 Å². The average Bonchev–Trinajstić information content (AvgIpc) is 2.84. The smallest absolute Gasteiger partial charge is 0.169 e. The SMILES string of the molecule is O=C(c1csc2c(Br)cccc12)C1CCCOC1. The summed E-state index contributed by atoms with van der Waals surface area (Å²) in [4.78, 5) is 12.5. The molecule has 0 N–H and O–H groups in total. The number of hydrogen-bond donors (Lipinski definition) is 0. The predicted octanol–water partition coefficient (Wildman–Crippen LogP) is 4.27. The third-order valence-corrected chi connectivity index (χ3v) is 5.30. The van der Waals surface area contributed by atoms with Crippen molar-refractivity contribution in [1.82, 2.24) is 0 Å². The Kier molecular flexibility index (Phi) is 3.50. The zero-order valence-corrected chi connectivity index (χ0v) is 12.2. The fraction of sp³-hybridized carbons (Fsp3) is 0.357. The maximum Gasteiger partial charge on any atom is 0.169 e. The van der Waals surface area contributed by atoms with Crippen LogP contribution in [0.1, 0.15) is 23.2 Å². The van der Waals surface area contributed by atoms with Crippen molar-refractivity contribution < 1.29 is 9.53 Å². The Balaban J connectivity index is 1.98. The van der Waals surface area contributed by atoms with Crippen LogP contribution in [0.4, 0.5) is 0 Å². The van der Waals surface area contributed by atoms with Gasteiger partial charge in [0.05, 0.1) is 6.61 Å². The van der Waals surface area contributed by atoms with Crippen LogP contribution in [-0.2, 0) is 4.74 Å². The summed E-state index contributed by atoms with van der Waals surface area (Å²) in [5.41, 5.74) is 0.854. The lowest BCUT2D eigenvalue weighted by Gasteiger charge is -2.20. The lowest BCUT2D eigenvalue weighted by Crippen LogP contribution is -2.25. The first kappa shape index (κ1) is 12.3. The Morgan fingerprint density at radius 3 is 3.11 bits per heavy atom. The van der Waals surface area contributed by atoms with E-state index < -0.39 is 0 Å². The third-order valence-electron chi connectivity index (χ3n) is 3.35. The van der Waals surface area contributed by atoms with E-state index >= 15 is 0 Å². The number of ketones is 1. The summed E-state index contributed by atoms with van der Waals surface area (Å²) in [5, 5.41) is 3.04. The van der Waals surface area contributed by atoms with Crippen LogP contribution in [0.25, 0.3) is 10.1 Å². The Bertz CT molecular complexity index is 584. The lowest BCUT2D eigenvalue weighted by molar-refractivity contribution is 0.0462. The molecule has 1 fully saturated rings. The van der Waals surface area contributed by atoms with Gasteiger partial charge < -0.3 is 4.74 Å². The summed E-state index contributed by atoms with van der Waals surface area (Å²) in [6, 6.07) is 6.01. The molecule has 1 unspecified atom stereocenters. The first-order valence-electron chi connectivity index (χ1n) is 6.05. The van der Waals surface area contributed by atoms with E-state index in [1.807, 2.05) is 23.6 Å². The molecule has 1 aromatic heterocycles. The van der Waals surface area contributed by atoms with Gasteiger partial charge in [0.25, 0.3) is 0 Å². The van der Waals surface area contributed by atoms with E-state index in [9.17, 15) is 4.79 Å². The molecule has 2 heterocycles. The van der Waals surface area contributed by atoms with Crippen molar-refractivity contribution in [2.75, 3.05) is 13.2 Å². The standard InChI is InChI=1S/C14H13BrO2S/c15-12-5-1-4-10-11(8-18-14(10)12)13(16)9-3-2-6-17-7-9/h1,4-5,8-9H,2-3,6-7H2. The molecule has 0 saturated carbocycles. The molecule has 0 radical (unpaired) electrons. The minimum Gasteiger partial charge on any atom is -0.381 e. The maximum absolute atomic E-state index is 12.5. The molecule has 1 aromatic carbocycles. The second-order valence-electron chi connectivity index (χ2n) is 4.54. The molecule has 0 amide bonds. The highest BCUT2D eigenvalue weighted by molar-refractivity contribution is 9.10. The summed E-state index contributed by atoms with van der Waals surface area (Å²) in [5.74, 6) is 0.273. The molecule has 2 aromatic rings. The minimum absolute atomic E-state index is 0.0375. The van der Waals surface area contributed by atoms with Gasteiger partial charge in [-0.3, -0.25) is 4.79 Å².